The molecule has 3 heteroatoms. The van der Waals surface area contributed by atoms with E-state index in [2.05, 4.69) is 28.6 Å². The van der Waals surface area contributed by atoms with Crippen molar-refractivity contribution in [1.82, 2.24) is 10.3 Å². The molecule has 0 radical (unpaired) electrons. The van der Waals surface area contributed by atoms with Crippen LogP contribution in [0.15, 0.2) is 12.3 Å². The van der Waals surface area contributed by atoms with Crippen molar-refractivity contribution in [1.29, 1.82) is 0 Å². The van der Waals surface area contributed by atoms with E-state index in [4.69, 9.17) is 0 Å². The Morgan fingerprint density at radius 1 is 1.57 bits per heavy atom. The molecule has 14 heavy (non-hydrogen) atoms. The van der Waals surface area contributed by atoms with Gasteiger partial charge in [0.15, 0.2) is 0 Å². The molecular formula is C11H17N3. The van der Waals surface area contributed by atoms with E-state index in [0.29, 0.717) is 6.04 Å². The van der Waals surface area contributed by atoms with Gasteiger partial charge in [-0.15, -0.1) is 0 Å². The van der Waals surface area contributed by atoms with Crippen LogP contribution in [0.5, 0.6) is 0 Å². The Bertz CT molecular complexity index is 316. The fourth-order valence-electron chi connectivity index (χ4n) is 2.02. The molecule has 2 N–H and O–H groups in total. The Hall–Kier alpha value is -1.09. The quantitative estimate of drug-likeness (QED) is 0.749. The van der Waals surface area contributed by atoms with E-state index in [9.17, 15) is 0 Å². The lowest BCUT2D eigenvalue weighted by Gasteiger charge is -2.13. The van der Waals surface area contributed by atoms with Gasteiger partial charge in [-0.05, 0) is 43.5 Å². The minimum Gasteiger partial charge on any atom is -0.373 e. The molecular weight excluding hydrogens is 174 g/mol. The van der Waals surface area contributed by atoms with Crippen LogP contribution in [-0.2, 0) is 0 Å². The average Bonchev–Trinajstić information content (AvgIpc) is 2.70. The first kappa shape index (κ1) is 9.46. The van der Waals surface area contributed by atoms with Gasteiger partial charge in [-0.25, -0.2) is 4.98 Å². The minimum atomic E-state index is 0.522. The minimum absolute atomic E-state index is 0.522. The average molecular weight is 191 g/mol. The van der Waals surface area contributed by atoms with E-state index >= 15 is 0 Å². The molecule has 0 aromatic carbocycles. The first-order chi connectivity index (χ1) is 6.81. The molecule has 1 aliphatic rings. The van der Waals surface area contributed by atoms with Crippen molar-refractivity contribution in [3.8, 4) is 0 Å². The molecule has 0 saturated carbocycles. The van der Waals surface area contributed by atoms with Gasteiger partial charge in [0, 0.05) is 19.3 Å². The maximum Gasteiger partial charge on any atom is 0.125 e. The van der Waals surface area contributed by atoms with Gasteiger partial charge in [-0.3, -0.25) is 0 Å². The molecule has 1 aromatic heterocycles. The van der Waals surface area contributed by atoms with E-state index in [-0.39, 0.29) is 0 Å². The number of hydrogen-bond donors (Lipinski definition) is 2. The van der Waals surface area contributed by atoms with Gasteiger partial charge in [0.25, 0.3) is 0 Å². The first-order valence-corrected chi connectivity index (χ1v) is 5.19. The maximum atomic E-state index is 4.35. The molecule has 3 nitrogen and oxygen atoms in total. The summed E-state index contributed by atoms with van der Waals surface area (Å²) < 4.78 is 0. The predicted octanol–water partition coefficient (Wildman–Crippen LogP) is 1.86. The summed E-state index contributed by atoms with van der Waals surface area (Å²) in [6.07, 6.45) is 4.50. The zero-order chi connectivity index (χ0) is 9.97. The molecule has 0 spiro atoms. The molecule has 1 atom stereocenters. The molecule has 2 rings (SSSR count). The maximum absolute atomic E-state index is 4.35. The number of nitrogens with one attached hydrogen (secondary N) is 2. The van der Waals surface area contributed by atoms with Crippen LogP contribution < -0.4 is 10.6 Å². The fourth-order valence-corrected chi connectivity index (χ4v) is 2.02. The van der Waals surface area contributed by atoms with Gasteiger partial charge in [0.2, 0.25) is 0 Å². The molecule has 1 unspecified atom stereocenters. The number of hydrogen-bond acceptors (Lipinski definition) is 3. The van der Waals surface area contributed by atoms with E-state index in [1.54, 1.807) is 0 Å². The standard InChI is InChI=1S/C11H17N3/c1-8-6-11(12-2)14-7-9(8)10-4-3-5-13-10/h6-7,10,13H,3-5H2,1-2H3,(H,12,14). The van der Waals surface area contributed by atoms with Crippen LogP contribution >= 0.6 is 0 Å². The molecule has 0 amide bonds. The smallest absolute Gasteiger partial charge is 0.125 e. The van der Waals surface area contributed by atoms with Gasteiger partial charge in [-0.2, -0.15) is 0 Å². The third-order valence-corrected chi connectivity index (χ3v) is 2.84. The summed E-state index contributed by atoms with van der Waals surface area (Å²) in [5, 5.41) is 6.54. The van der Waals surface area contributed by atoms with Gasteiger partial charge in [-0.1, -0.05) is 0 Å². The number of nitrogens with zero attached hydrogens (tertiary/aromatic N) is 1. The fraction of sp³-hybridized carbons (Fsp3) is 0.545. The second kappa shape index (κ2) is 3.96. The van der Waals surface area contributed by atoms with Gasteiger partial charge in [0.05, 0.1) is 0 Å². The predicted molar refractivity (Wildman–Crippen MR) is 58.5 cm³/mol. The first-order valence-electron chi connectivity index (χ1n) is 5.19. The lowest BCUT2D eigenvalue weighted by molar-refractivity contribution is 0.641. The SMILES string of the molecule is CNc1cc(C)c(C2CCCN2)cn1. The van der Waals surface area contributed by atoms with Crippen LogP contribution in [0, 0.1) is 6.92 Å². The number of aromatic nitrogens is 1. The van der Waals surface area contributed by atoms with Gasteiger partial charge < -0.3 is 10.6 Å². The third-order valence-electron chi connectivity index (χ3n) is 2.84. The second-order valence-electron chi connectivity index (χ2n) is 3.83. The summed E-state index contributed by atoms with van der Waals surface area (Å²) in [4.78, 5) is 4.35. The molecule has 1 aliphatic heterocycles. The van der Waals surface area contributed by atoms with Crippen molar-refractivity contribution in [3.05, 3.63) is 23.4 Å². The van der Waals surface area contributed by atoms with Gasteiger partial charge in [0.1, 0.15) is 5.82 Å². The summed E-state index contributed by atoms with van der Waals surface area (Å²) in [5.41, 5.74) is 2.67. The van der Waals surface area contributed by atoms with Crippen molar-refractivity contribution in [3.63, 3.8) is 0 Å². The van der Waals surface area contributed by atoms with Crippen molar-refractivity contribution >= 4 is 5.82 Å². The Kier molecular flexibility index (Phi) is 2.68. The molecule has 0 bridgehead atoms. The monoisotopic (exact) mass is 191 g/mol. The normalized spacial score (nSPS) is 21.1. The number of pyridine rings is 1. The van der Waals surface area contributed by atoms with Crippen LogP contribution in [-0.4, -0.2) is 18.6 Å². The molecule has 1 saturated heterocycles. The Labute approximate surface area is 84.9 Å². The van der Waals surface area contributed by atoms with Crippen LogP contribution in [0.3, 0.4) is 0 Å². The number of rotatable bonds is 2. The molecule has 1 aromatic rings. The molecule has 76 valence electrons. The summed E-state index contributed by atoms with van der Waals surface area (Å²) in [6.45, 7) is 3.29. The zero-order valence-electron chi connectivity index (χ0n) is 8.80. The third kappa shape index (κ3) is 1.73. The zero-order valence-corrected chi connectivity index (χ0v) is 8.80. The molecule has 0 aliphatic carbocycles. The Morgan fingerprint density at radius 3 is 3.00 bits per heavy atom. The largest absolute Gasteiger partial charge is 0.373 e. The second-order valence-corrected chi connectivity index (χ2v) is 3.83. The topological polar surface area (TPSA) is 37.0 Å². The summed E-state index contributed by atoms with van der Waals surface area (Å²) in [5.74, 6) is 0.948. The summed E-state index contributed by atoms with van der Waals surface area (Å²) in [6, 6.07) is 2.63. The van der Waals surface area contributed by atoms with Crippen molar-refractivity contribution < 1.29 is 0 Å². The highest BCUT2D eigenvalue weighted by atomic mass is 15.0. The lowest BCUT2D eigenvalue weighted by Crippen LogP contribution is -2.14. The van der Waals surface area contributed by atoms with E-state index in [1.807, 2.05) is 13.2 Å². The van der Waals surface area contributed by atoms with E-state index in [1.165, 1.54) is 24.0 Å². The van der Waals surface area contributed by atoms with Gasteiger partial charge >= 0.3 is 0 Å². The highest BCUT2D eigenvalue weighted by Crippen LogP contribution is 2.25. The Balaban J connectivity index is 2.25. The van der Waals surface area contributed by atoms with Crippen LogP contribution in [0.25, 0.3) is 0 Å². The van der Waals surface area contributed by atoms with E-state index in [0.717, 1.165) is 12.4 Å². The van der Waals surface area contributed by atoms with Crippen LogP contribution in [0.4, 0.5) is 5.82 Å². The molecule has 2 heterocycles. The van der Waals surface area contributed by atoms with Crippen LogP contribution in [0.1, 0.15) is 30.0 Å². The highest BCUT2D eigenvalue weighted by Gasteiger charge is 2.18. The number of anilines is 1. The van der Waals surface area contributed by atoms with Crippen LogP contribution in [0.2, 0.25) is 0 Å². The summed E-state index contributed by atoms with van der Waals surface area (Å²) >= 11 is 0. The highest BCUT2D eigenvalue weighted by molar-refractivity contribution is 5.41. The van der Waals surface area contributed by atoms with Crippen molar-refractivity contribution in [2.45, 2.75) is 25.8 Å². The van der Waals surface area contributed by atoms with Crippen molar-refractivity contribution in [2.75, 3.05) is 18.9 Å². The lowest BCUT2D eigenvalue weighted by atomic mass is 10.0. The Morgan fingerprint density at radius 2 is 2.43 bits per heavy atom. The van der Waals surface area contributed by atoms with Crippen molar-refractivity contribution in [2.24, 2.45) is 0 Å². The number of aryl methyl sites for hydroxylation is 1. The summed E-state index contributed by atoms with van der Waals surface area (Å²) in [7, 11) is 1.90. The van der Waals surface area contributed by atoms with E-state index < -0.39 is 0 Å². The molecule has 1 fully saturated rings.